The maximum atomic E-state index is 5.84. The molecule has 0 radical (unpaired) electrons. The summed E-state index contributed by atoms with van der Waals surface area (Å²) < 4.78 is 0. The van der Waals surface area contributed by atoms with E-state index in [0.717, 1.165) is 24.9 Å². The number of nitrogens with zero attached hydrogens (tertiary/aromatic N) is 1. The highest BCUT2D eigenvalue weighted by Gasteiger charge is 2.23. The van der Waals surface area contributed by atoms with Crippen molar-refractivity contribution in [3.8, 4) is 24.7 Å². The fourth-order valence-electron chi connectivity index (χ4n) is 2.62. The SMILES string of the molecule is C#CCN(CC#C)C1CCc2ccc(N)cc2C1. The standard InChI is InChI=1S/C16H18N2/c1-3-9-18(10-4-2)16-8-6-13-5-7-15(17)11-14(13)12-16/h1-2,5,7,11,16H,6,8-10,12,17H2. The van der Waals surface area contributed by atoms with Crippen molar-refractivity contribution >= 4 is 5.69 Å². The van der Waals surface area contributed by atoms with Gasteiger partial charge in [-0.1, -0.05) is 17.9 Å². The highest BCUT2D eigenvalue weighted by atomic mass is 15.1. The fourth-order valence-corrected chi connectivity index (χ4v) is 2.62. The number of nitrogen functional groups attached to an aromatic ring is 1. The molecule has 92 valence electrons. The summed E-state index contributed by atoms with van der Waals surface area (Å²) in [6.45, 7) is 1.24. The minimum atomic E-state index is 0.436. The van der Waals surface area contributed by atoms with Crippen LogP contribution in [0.2, 0.25) is 0 Å². The topological polar surface area (TPSA) is 29.3 Å². The van der Waals surface area contributed by atoms with Crippen molar-refractivity contribution < 1.29 is 0 Å². The number of hydrogen-bond acceptors (Lipinski definition) is 2. The monoisotopic (exact) mass is 238 g/mol. The third-order valence-corrected chi connectivity index (χ3v) is 3.54. The molecule has 0 aromatic heterocycles. The summed E-state index contributed by atoms with van der Waals surface area (Å²) in [5.74, 6) is 5.38. The molecular formula is C16H18N2. The Kier molecular flexibility index (Phi) is 3.92. The molecule has 0 bridgehead atoms. The lowest BCUT2D eigenvalue weighted by molar-refractivity contribution is 0.226. The van der Waals surface area contributed by atoms with Crippen LogP contribution in [0.1, 0.15) is 17.5 Å². The van der Waals surface area contributed by atoms with Crippen LogP contribution in [0.15, 0.2) is 18.2 Å². The van der Waals surface area contributed by atoms with Crippen molar-refractivity contribution in [3.05, 3.63) is 29.3 Å². The lowest BCUT2D eigenvalue weighted by atomic mass is 9.87. The maximum Gasteiger partial charge on any atom is 0.0610 e. The Labute approximate surface area is 109 Å². The van der Waals surface area contributed by atoms with Crippen molar-refractivity contribution in [1.29, 1.82) is 0 Å². The molecule has 2 N–H and O–H groups in total. The van der Waals surface area contributed by atoms with Crippen molar-refractivity contribution in [2.24, 2.45) is 0 Å². The summed E-state index contributed by atoms with van der Waals surface area (Å²) in [6.07, 6.45) is 14.0. The average molecular weight is 238 g/mol. The van der Waals surface area contributed by atoms with Gasteiger partial charge in [-0.25, -0.2) is 0 Å². The first-order chi connectivity index (χ1) is 8.74. The van der Waals surface area contributed by atoms with E-state index in [1.807, 2.05) is 6.07 Å². The molecule has 0 heterocycles. The molecule has 18 heavy (non-hydrogen) atoms. The van der Waals surface area contributed by atoms with Crippen molar-refractivity contribution in [1.82, 2.24) is 4.90 Å². The van der Waals surface area contributed by atoms with Gasteiger partial charge < -0.3 is 5.73 Å². The quantitative estimate of drug-likeness (QED) is 0.641. The molecule has 1 aromatic carbocycles. The zero-order valence-corrected chi connectivity index (χ0v) is 10.5. The number of aryl methyl sites for hydroxylation is 1. The predicted octanol–water partition coefficient (Wildman–Crippen LogP) is 1.69. The van der Waals surface area contributed by atoms with E-state index in [-0.39, 0.29) is 0 Å². The Bertz CT molecular complexity index is 489. The zero-order valence-electron chi connectivity index (χ0n) is 10.5. The molecule has 0 aliphatic heterocycles. The normalized spacial score (nSPS) is 17.8. The van der Waals surface area contributed by atoms with Gasteiger partial charge in [-0.05, 0) is 42.5 Å². The Morgan fingerprint density at radius 1 is 1.22 bits per heavy atom. The van der Waals surface area contributed by atoms with Crippen LogP contribution < -0.4 is 5.73 Å². The largest absolute Gasteiger partial charge is 0.399 e. The van der Waals surface area contributed by atoms with Crippen LogP contribution in [-0.2, 0) is 12.8 Å². The molecule has 1 aliphatic carbocycles. The lowest BCUT2D eigenvalue weighted by Gasteiger charge is -2.33. The van der Waals surface area contributed by atoms with Crippen LogP contribution in [0, 0.1) is 24.7 Å². The molecule has 1 atom stereocenters. The van der Waals surface area contributed by atoms with Gasteiger partial charge in [-0.3, -0.25) is 4.90 Å². The zero-order chi connectivity index (χ0) is 13.0. The van der Waals surface area contributed by atoms with E-state index in [1.165, 1.54) is 11.1 Å². The summed E-state index contributed by atoms with van der Waals surface area (Å²) in [5.41, 5.74) is 9.41. The van der Waals surface area contributed by atoms with Gasteiger partial charge in [0, 0.05) is 11.7 Å². The van der Waals surface area contributed by atoms with Crippen LogP contribution in [0.4, 0.5) is 5.69 Å². The second-order valence-electron chi connectivity index (χ2n) is 4.74. The summed E-state index contributed by atoms with van der Waals surface area (Å²) in [4.78, 5) is 2.20. The molecule has 0 fully saturated rings. The van der Waals surface area contributed by atoms with Gasteiger partial charge in [0.15, 0.2) is 0 Å². The second-order valence-corrected chi connectivity index (χ2v) is 4.74. The molecule has 2 nitrogen and oxygen atoms in total. The van der Waals surface area contributed by atoms with Gasteiger partial charge in [0.1, 0.15) is 0 Å². The molecule has 0 spiro atoms. The van der Waals surface area contributed by atoms with Crippen LogP contribution in [-0.4, -0.2) is 24.0 Å². The van der Waals surface area contributed by atoms with Crippen molar-refractivity contribution in [2.75, 3.05) is 18.8 Å². The third-order valence-electron chi connectivity index (χ3n) is 3.54. The summed E-state index contributed by atoms with van der Waals surface area (Å²) in [7, 11) is 0. The Balaban J connectivity index is 2.15. The van der Waals surface area contributed by atoms with E-state index >= 15 is 0 Å². The third kappa shape index (κ3) is 2.67. The highest BCUT2D eigenvalue weighted by Crippen LogP contribution is 2.26. The number of hydrogen-bond donors (Lipinski definition) is 1. The lowest BCUT2D eigenvalue weighted by Crippen LogP contribution is -2.39. The van der Waals surface area contributed by atoms with Gasteiger partial charge in [0.05, 0.1) is 13.1 Å². The number of benzene rings is 1. The van der Waals surface area contributed by atoms with E-state index in [1.54, 1.807) is 0 Å². The molecule has 2 rings (SSSR count). The average Bonchev–Trinajstić information content (AvgIpc) is 2.37. The van der Waals surface area contributed by atoms with Crippen LogP contribution in [0.5, 0.6) is 0 Å². The molecule has 1 aromatic rings. The van der Waals surface area contributed by atoms with Crippen molar-refractivity contribution in [3.63, 3.8) is 0 Å². The smallest absolute Gasteiger partial charge is 0.0610 e. The first kappa shape index (κ1) is 12.6. The van der Waals surface area contributed by atoms with Gasteiger partial charge in [-0.15, -0.1) is 12.8 Å². The molecule has 1 aliphatic rings. The van der Waals surface area contributed by atoms with Crippen molar-refractivity contribution in [2.45, 2.75) is 25.3 Å². The number of terminal acetylenes is 2. The Morgan fingerprint density at radius 3 is 2.61 bits per heavy atom. The van der Waals surface area contributed by atoms with Gasteiger partial charge in [0.2, 0.25) is 0 Å². The Morgan fingerprint density at radius 2 is 1.94 bits per heavy atom. The molecule has 0 saturated carbocycles. The summed E-state index contributed by atoms with van der Waals surface area (Å²) in [6, 6.07) is 6.62. The molecule has 2 heteroatoms. The molecular weight excluding hydrogens is 220 g/mol. The number of nitrogens with two attached hydrogens (primary N) is 1. The molecule has 0 amide bonds. The van der Waals surface area contributed by atoms with E-state index in [4.69, 9.17) is 18.6 Å². The van der Waals surface area contributed by atoms with Gasteiger partial charge >= 0.3 is 0 Å². The first-order valence-corrected chi connectivity index (χ1v) is 6.23. The predicted molar refractivity (Wildman–Crippen MR) is 75.9 cm³/mol. The minimum Gasteiger partial charge on any atom is -0.399 e. The number of anilines is 1. The van der Waals surface area contributed by atoms with Gasteiger partial charge in [0.25, 0.3) is 0 Å². The highest BCUT2D eigenvalue weighted by molar-refractivity contribution is 5.46. The minimum absolute atomic E-state index is 0.436. The van der Waals surface area contributed by atoms with E-state index in [2.05, 4.69) is 28.9 Å². The van der Waals surface area contributed by atoms with Crippen LogP contribution in [0.25, 0.3) is 0 Å². The van der Waals surface area contributed by atoms with Crippen LogP contribution >= 0.6 is 0 Å². The molecule has 0 saturated heterocycles. The van der Waals surface area contributed by atoms with Gasteiger partial charge in [-0.2, -0.15) is 0 Å². The molecule has 1 unspecified atom stereocenters. The Hall–Kier alpha value is -1.90. The first-order valence-electron chi connectivity index (χ1n) is 6.23. The second kappa shape index (κ2) is 5.63. The summed E-state index contributed by atoms with van der Waals surface area (Å²) in [5, 5.41) is 0. The van der Waals surface area contributed by atoms with E-state index in [0.29, 0.717) is 19.1 Å². The maximum absolute atomic E-state index is 5.84. The fraction of sp³-hybridized carbons (Fsp3) is 0.375. The number of rotatable bonds is 3. The van der Waals surface area contributed by atoms with E-state index < -0.39 is 0 Å². The van der Waals surface area contributed by atoms with E-state index in [9.17, 15) is 0 Å². The number of fused-ring (bicyclic) bond motifs is 1. The van der Waals surface area contributed by atoms with Crippen LogP contribution in [0.3, 0.4) is 0 Å². The summed E-state index contributed by atoms with van der Waals surface area (Å²) >= 11 is 0.